The van der Waals surface area contributed by atoms with Crippen molar-refractivity contribution in [3.05, 3.63) is 29.8 Å². The van der Waals surface area contributed by atoms with E-state index in [1.807, 2.05) is 0 Å². The number of aliphatic hydroxyl groups excluding tert-OH is 1. The van der Waals surface area contributed by atoms with Crippen LogP contribution in [0.1, 0.15) is 36.0 Å². The Morgan fingerprint density at radius 2 is 2.06 bits per heavy atom. The summed E-state index contributed by atoms with van der Waals surface area (Å²) in [5.74, 6) is -0.164. The molecule has 1 fully saturated rings. The highest BCUT2D eigenvalue weighted by atomic mass is 35.5. The molecule has 18 heavy (non-hydrogen) atoms. The van der Waals surface area contributed by atoms with Gasteiger partial charge in [-0.1, -0.05) is 18.9 Å². The lowest BCUT2D eigenvalue weighted by Gasteiger charge is -2.28. The normalized spacial score (nSPS) is 22.9. The van der Waals surface area contributed by atoms with E-state index < -0.39 is 6.10 Å². The molecule has 0 bridgehead atoms. The van der Waals surface area contributed by atoms with Crippen LogP contribution < -0.4 is 11.1 Å². The number of nitrogen functional groups attached to an aromatic ring is 1. The molecule has 0 unspecified atom stereocenters. The smallest absolute Gasteiger partial charge is 0.251 e. The second-order valence-electron chi connectivity index (χ2n) is 4.56. The van der Waals surface area contributed by atoms with Crippen LogP contribution in [0.15, 0.2) is 24.3 Å². The highest BCUT2D eigenvalue weighted by Gasteiger charge is 2.24. The number of hydrogen-bond donors (Lipinski definition) is 3. The van der Waals surface area contributed by atoms with Crippen molar-refractivity contribution in [2.75, 3.05) is 5.73 Å². The molecule has 0 saturated heterocycles. The predicted octanol–water partition coefficient (Wildman–Crippen LogP) is 1.72. The molecule has 4 nitrogen and oxygen atoms in total. The van der Waals surface area contributed by atoms with Gasteiger partial charge in [-0.15, -0.1) is 12.4 Å². The van der Waals surface area contributed by atoms with Gasteiger partial charge in [-0.3, -0.25) is 4.79 Å². The SMILES string of the molecule is Cl.Nc1cccc(C(=O)N[C@H]2CCCC[C@@H]2O)c1. The number of rotatable bonds is 2. The number of halogens is 1. The van der Waals surface area contributed by atoms with E-state index in [9.17, 15) is 9.90 Å². The van der Waals surface area contributed by atoms with Crippen molar-refractivity contribution in [2.45, 2.75) is 37.8 Å². The van der Waals surface area contributed by atoms with E-state index in [4.69, 9.17) is 5.73 Å². The van der Waals surface area contributed by atoms with Gasteiger partial charge in [0.2, 0.25) is 0 Å². The zero-order chi connectivity index (χ0) is 12.3. The third kappa shape index (κ3) is 3.62. The fourth-order valence-corrected chi connectivity index (χ4v) is 2.21. The maximum atomic E-state index is 11.9. The van der Waals surface area contributed by atoms with Gasteiger partial charge in [0.1, 0.15) is 0 Å². The Hall–Kier alpha value is -1.26. The maximum Gasteiger partial charge on any atom is 0.251 e. The zero-order valence-electron chi connectivity index (χ0n) is 10.1. The summed E-state index contributed by atoms with van der Waals surface area (Å²) in [5, 5.41) is 12.6. The van der Waals surface area contributed by atoms with E-state index >= 15 is 0 Å². The monoisotopic (exact) mass is 270 g/mol. The fraction of sp³-hybridized carbons (Fsp3) is 0.462. The Kier molecular flexibility index (Phi) is 5.44. The first-order valence-corrected chi connectivity index (χ1v) is 6.01. The van der Waals surface area contributed by atoms with Crippen molar-refractivity contribution in [1.82, 2.24) is 5.32 Å². The molecule has 2 rings (SSSR count). The van der Waals surface area contributed by atoms with Crippen LogP contribution in [0.5, 0.6) is 0 Å². The topological polar surface area (TPSA) is 75.4 Å². The molecule has 1 saturated carbocycles. The van der Waals surface area contributed by atoms with Gasteiger partial charge in [0.25, 0.3) is 5.91 Å². The van der Waals surface area contributed by atoms with Crippen LogP contribution in [0, 0.1) is 0 Å². The Morgan fingerprint density at radius 3 is 2.72 bits per heavy atom. The number of anilines is 1. The molecule has 1 aliphatic rings. The molecular weight excluding hydrogens is 252 g/mol. The molecular formula is C13H19ClN2O2. The lowest BCUT2D eigenvalue weighted by Crippen LogP contribution is -2.45. The minimum Gasteiger partial charge on any atom is -0.399 e. The van der Waals surface area contributed by atoms with Crippen molar-refractivity contribution < 1.29 is 9.90 Å². The molecule has 100 valence electrons. The molecule has 5 heteroatoms. The summed E-state index contributed by atoms with van der Waals surface area (Å²) in [6, 6.07) is 6.73. The Morgan fingerprint density at radius 1 is 1.33 bits per heavy atom. The summed E-state index contributed by atoms with van der Waals surface area (Å²) < 4.78 is 0. The van der Waals surface area contributed by atoms with Crippen molar-refractivity contribution in [3.63, 3.8) is 0 Å². The van der Waals surface area contributed by atoms with E-state index in [1.54, 1.807) is 24.3 Å². The first-order chi connectivity index (χ1) is 8.16. The van der Waals surface area contributed by atoms with E-state index in [-0.39, 0.29) is 24.4 Å². The van der Waals surface area contributed by atoms with Crippen LogP contribution in [0.25, 0.3) is 0 Å². The van der Waals surface area contributed by atoms with Crippen LogP contribution in [0.3, 0.4) is 0 Å². The molecule has 2 atom stereocenters. The third-order valence-electron chi connectivity index (χ3n) is 3.19. The highest BCUT2D eigenvalue weighted by molar-refractivity contribution is 5.95. The van der Waals surface area contributed by atoms with E-state index in [0.717, 1.165) is 25.7 Å². The first kappa shape index (κ1) is 14.8. The van der Waals surface area contributed by atoms with Crippen LogP contribution in [-0.2, 0) is 0 Å². The Labute approximate surface area is 113 Å². The van der Waals surface area contributed by atoms with E-state index in [0.29, 0.717) is 11.3 Å². The lowest BCUT2D eigenvalue weighted by atomic mass is 9.92. The third-order valence-corrected chi connectivity index (χ3v) is 3.19. The number of hydrogen-bond acceptors (Lipinski definition) is 3. The van der Waals surface area contributed by atoms with E-state index in [1.165, 1.54) is 0 Å². The molecule has 1 amide bonds. The second-order valence-corrected chi connectivity index (χ2v) is 4.56. The summed E-state index contributed by atoms with van der Waals surface area (Å²) >= 11 is 0. The summed E-state index contributed by atoms with van der Waals surface area (Å²) in [4.78, 5) is 11.9. The number of nitrogens with one attached hydrogen (secondary N) is 1. The van der Waals surface area contributed by atoms with E-state index in [2.05, 4.69) is 5.32 Å². The largest absolute Gasteiger partial charge is 0.399 e. The Balaban J connectivity index is 0.00000162. The minimum absolute atomic E-state index is 0. The van der Waals surface area contributed by atoms with Gasteiger partial charge in [-0.25, -0.2) is 0 Å². The van der Waals surface area contributed by atoms with Gasteiger partial charge in [-0.2, -0.15) is 0 Å². The number of amides is 1. The molecule has 4 N–H and O–H groups in total. The van der Waals surface area contributed by atoms with Crippen LogP contribution in [-0.4, -0.2) is 23.2 Å². The van der Waals surface area contributed by atoms with Gasteiger partial charge in [-0.05, 0) is 31.0 Å². The van der Waals surface area contributed by atoms with Crippen molar-refractivity contribution in [3.8, 4) is 0 Å². The lowest BCUT2D eigenvalue weighted by molar-refractivity contribution is 0.0717. The van der Waals surface area contributed by atoms with Crippen molar-refractivity contribution in [2.24, 2.45) is 0 Å². The van der Waals surface area contributed by atoms with Crippen LogP contribution in [0.4, 0.5) is 5.69 Å². The van der Waals surface area contributed by atoms with Gasteiger partial charge < -0.3 is 16.2 Å². The molecule has 1 aromatic rings. The van der Waals surface area contributed by atoms with Crippen LogP contribution in [0.2, 0.25) is 0 Å². The summed E-state index contributed by atoms with van der Waals surface area (Å²) in [6.45, 7) is 0. The van der Waals surface area contributed by atoms with Gasteiger partial charge >= 0.3 is 0 Å². The quantitative estimate of drug-likeness (QED) is 0.717. The number of aliphatic hydroxyl groups is 1. The van der Waals surface area contributed by atoms with Crippen molar-refractivity contribution in [1.29, 1.82) is 0 Å². The van der Waals surface area contributed by atoms with Gasteiger partial charge in [0.15, 0.2) is 0 Å². The minimum atomic E-state index is -0.422. The number of carbonyl (C=O) groups is 1. The summed E-state index contributed by atoms with van der Waals surface area (Å²) in [7, 11) is 0. The van der Waals surface area contributed by atoms with Crippen LogP contribution >= 0.6 is 12.4 Å². The molecule has 0 radical (unpaired) electrons. The van der Waals surface area contributed by atoms with Gasteiger partial charge in [0.05, 0.1) is 12.1 Å². The number of nitrogens with two attached hydrogens (primary N) is 1. The zero-order valence-corrected chi connectivity index (χ0v) is 11.0. The van der Waals surface area contributed by atoms with Crippen molar-refractivity contribution >= 4 is 24.0 Å². The molecule has 0 heterocycles. The average Bonchev–Trinajstić information content (AvgIpc) is 2.32. The number of carbonyl (C=O) groups excluding carboxylic acids is 1. The maximum absolute atomic E-state index is 11.9. The molecule has 1 aliphatic carbocycles. The molecule has 0 aliphatic heterocycles. The predicted molar refractivity (Wildman–Crippen MR) is 73.8 cm³/mol. The highest BCUT2D eigenvalue weighted by Crippen LogP contribution is 2.19. The molecule has 0 aromatic heterocycles. The standard InChI is InChI=1S/C13H18N2O2.ClH/c14-10-5-3-4-9(8-10)13(17)15-11-6-1-2-7-12(11)16;/h3-5,8,11-12,16H,1-2,6-7,14H2,(H,15,17);1H/t11-,12-;/m0./s1. The Bertz CT molecular complexity index is 412. The van der Waals surface area contributed by atoms with Gasteiger partial charge in [0, 0.05) is 11.3 Å². The fourth-order valence-electron chi connectivity index (χ4n) is 2.21. The average molecular weight is 271 g/mol. The summed E-state index contributed by atoms with van der Waals surface area (Å²) in [5.41, 5.74) is 6.74. The number of benzene rings is 1. The second kappa shape index (κ2) is 6.61. The summed E-state index contributed by atoms with van der Waals surface area (Å²) in [6.07, 6.45) is 3.27. The molecule has 1 aromatic carbocycles. The molecule has 0 spiro atoms. The first-order valence-electron chi connectivity index (χ1n) is 6.01.